The lowest BCUT2D eigenvalue weighted by atomic mass is 10.1. The van der Waals surface area contributed by atoms with Crippen LogP contribution in [0.5, 0.6) is 0 Å². The van der Waals surface area contributed by atoms with Crippen LogP contribution in [0.15, 0.2) is 109 Å². The molecule has 0 aliphatic rings. The van der Waals surface area contributed by atoms with Crippen molar-refractivity contribution < 1.29 is 57.4 Å². The van der Waals surface area contributed by atoms with E-state index in [1.807, 2.05) is 52.4 Å². The zero-order valence-corrected chi connectivity index (χ0v) is 38.5. The number of quaternary nitrogens is 1. The van der Waals surface area contributed by atoms with Gasteiger partial charge in [-0.25, -0.2) is 0 Å². The minimum atomic E-state index is -4.74. The molecule has 0 rings (SSSR count). The Hall–Kier alpha value is -3.45. The molecule has 0 aliphatic carbocycles. The summed E-state index contributed by atoms with van der Waals surface area (Å²) in [6, 6.07) is 0. The van der Waals surface area contributed by atoms with Crippen molar-refractivity contribution in [3.8, 4) is 0 Å². The molecular formula is C48H78NO11P. The molecule has 0 bridgehead atoms. The van der Waals surface area contributed by atoms with Gasteiger partial charge in [0, 0.05) is 12.8 Å². The fourth-order valence-electron chi connectivity index (χ4n) is 5.04. The number of esters is 2. The van der Waals surface area contributed by atoms with Gasteiger partial charge in [0.15, 0.2) is 6.10 Å². The molecule has 5 atom stereocenters. The Morgan fingerprint density at radius 2 is 1.25 bits per heavy atom. The lowest BCUT2D eigenvalue weighted by Crippen LogP contribution is -2.37. The van der Waals surface area contributed by atoms with Crippen LogP contribution in [0.1, 0.15) is 110 Å². The number of rotatable bonds is 37. The maximum absolute atomic E-state index is 12.7. The number of ether oxygens (including phenoxy) is 2. The summed E-state index contributed by atoms with van der Waals surface area (Å²) in [6.45, 7) is 3.50. The number of aliphatic hydroxyl groups excluding tert-OH is 3. The third-order valence-corrected chi connectivity index (χ3v) is 9.58. The molecule has 0 fully saturated rings. The van der Waals surface area contributed by atoms with Crippen molar-refractivity contribution in [2.45, 2.75) is 135 Å². The predicted molar refractivity (Wildman–Crippen MR) is 244 cm³/mol. The maximum Gasteiger partial charge on any atom is 0.306 e. The molecule has 0 aliphatic heterocycles. The molecule has 0 heterocycles. The first-order valence-electron chi connectivity index (χ1n) is 21.9. The summed E-state index contributed by atoms with van der Waals surface area (Å²) >= 11 is 0. The van der Waals surface area contributed by atoms with Crippen LogP contribution in [0.3, 0.4) is 0 Å². The van der Waals surface area contributed by atoms with E-state index in [4.69, 9.17) is 18.5 Å². The van der Waals surface area contributed by atoms with Crippen molar-refractivity contribution in [2.75, 3.05) is 47.5 Å². The molecular weight excluding hydrogens is 797 g/mol. The fourth-order valence-corrected chi connectivity index (χ4v) is 5.77. The molecule has 13 heteroatoms. The van der Waals surface area contributed by atoms with Crippen molar-refractivity contribution in [3.63, 3.8) is 0 Å². The van der Waals surface area contributed by atoms with Crippen LogP contribution in [0.2, 0.25) is 0 Å². The SMILES string of the molecule is CC/C=C\C[C@H](O)/C=C/C=C/C=C\C=C/[C@@H](O)[C@H](O)CCCC(=O)O[C@H](COC(=O)CCC/C=C\C/C=C\C/C=C\C/C=C\CCCCC)COP(=O)([O-])OCC[N+](C)(C)C. The average Bonchev–Trinajstić information content (AvgIpc) is 3.20. The van der Waals surface area contributed by atoms with Gasteiger partial charge >= 0.3 is 11.9 Å². The van der Waals surface area contributed by atoms with Crippen molar-refractivity contribution in [1.29, 1.82) is 0 Å². The molecule has 0 aromatic carbocycles. The number of nitrogens with zero attached hydrogens (tertiary/aromatic N) is 1. The number of carbonyl (C=O) groups is 2. The molecule has 0 aromatic heterocycles. The fraction of sp³-hybridized carbons (Fsp3) is 0.583. The number of hydrogen-bond donors (Lipinski definition) is 3. The minimum absolute atomic E-state index is 0.0796. The van der Waals surface area contributed by atoms with Gasteiger partial charge in [0.25, 0.3) is 7.82 Å². The van der Waals surface area contributed by atoms with E-state index in [1.54, 1.807) is 42.5 Å². The van der Waals surface area contributed by atoms with Crippen molar-refractivity contribution in [3.05, 3.63) is 109 Å². The van der Waals surface area contributed by atoms with Gasteiger partial charge in [-0.2, -0.15) is 0 Å². The molecule has 0 amide bonds. The number of phosphoric acid groups is 1. The second-order valence-corrected chi connectivity index (χ2v) is 16.9. The van der Waals surface area contributed by atoms with Crippen molar-refractivity contribution in [2.24, 2.45) is 0 Å². The second-order valence-electron chi connectivity index (χ2n) is 15.5. The summed E-state index contributed by atoms with van der Waals surface area (Å²) < 4.78 is 33.5. The summed E-state index contributed by atoms with van der Waals surface area (Å²) in [4.78, 5) is 37.6. The first-order valence-corrected chi connectivity index (χ1v) is 23.4. The van der Waals surface area contributed by atoms with Gasteiger partial charge in [-0.15, -0.1) is 0 Å². The standard InChI is InChI=1S/C48H78NO11P/c1-6-8-10-11-12-13-14-15-16-17-18-19-20-21-22-27-31-37-47(53)57-41-44(42-59-61(55,56)58-40-39-49(3,4)5)60-48(54)38-32-36-46(52)45(51)35-30-26-24-23-25-29-34-43(50)33-28-9-7-2/h9,12-13,15-16,18-19,21-26,28-30,34-35,43-46,50-52H,6-8,10-11,14,17,20,27,31-33,36-42H2,1-5H3/b13-12-,16-15-,19-18-,22-21-,25-23+,26-24-,28-9-,34-29+,35-30-/t43-,44+,45+,46+/m0/s1. The van der Waals surface area contributed by atoms with E-state index in [9.17, 15) is 34.4 Å². The average molecular weight is 876 g/mol. The minimum Gasteiger partial charge on any atom is -0.756 e. The van der Waals surface area contributed by atoms with Crippen LogP contribution in [0.25, 0.3) is 0 Å². The number of allylic oxidation sites excluding steroid dienone is 15. The molecule has 12 nitrogen and oxygen atoms in total. The van der Waals surface area contributed by atoms with Crippen LogP contribution >= 0.6 is 7.82 Å². The van der Waals surface area contributed by atoms with Crippen molar-refractivity contribution >= 4 is 19.8 Å². The summed E-state index contributed by atoms with van der Waals surface area (Å²) in [5.41, 5.74) is 0. The monoisotopic (exact) mass is 876 g/mol. The number of phosphoric ester groups is 1. The molecule has 3 N–H and O–H groups in total. The number of aliphatic hydroxyl groups is 3. The van der Waals surface area contributed by atoms with E-state index in [0.29, 0.717) is 30.3 Å². The van der Waals surface area contributed by atoms with E-state index in [1.165, 1.54) is 25.3 Å². The second kappa shape index (κ2) is 38.2. The zero-order chi connectivity index (χ0) is 45.5. The van der Waals surface area contributed by atoms with Crippen molar-refractivity contribution in [1.82, 2.24) is 0 Å². The Labute approximate surface area is 367 Å². The highest BCUT2D eigenvalue weighted by Crippen LogP contribution is 2.38. The summed E-state index contributed by atoms with van der Waals surface area (Å²) in [5, 5.41) is 30.5. The smallest absolute Gasteiger partial charge is 0.306 e. The van der Waals surface area contributed by atoms with Gasteiger partial charge in [0.05, 0.1) is 46.1 Å². The molecule has 0 spiro atoms. The maximum atomic E-state index is 12.7. The molecule has 61 heavy (non-hydrogen) atoms. The summed E-state index contributed by atoms with van der Waals surface area (Å²) in [7, 11) is 0.896. The van der Waals surface area contributed by atoms with Crippen LogP contribution in [0, 0.1) is 0 Å². The van der Waals surface area contributed by atoms with Crippen LogP contribution in [-0.2, 0) is 32.7 Å². The van der Waals surface area contributed by atoms with Gasteiger partial charge in [-0.3, -0.25) is 14.2 Å². The van der Waals surface area contributed by atoms with E-state index in [2.05, 4.69) is 43.4 Å². The molecule has 0 aromatic rings. The Morgan fingerprint density at radius 1 is 0.672 bits per heavy atom. The summed E-state index contributed by atoms with van der Waals surface area (Å²) in [5.74, 6) is -1.25. The lowest BCUT2D eigenvalue weighted by Gasteiger charge is -2.28. The number of likely N-dealkylation sites (N-methyl/N-ethyl adjacent to an activating group) is 1. The highest BCUT2D eigenvalue weighted by molar-refractivity contribution is 7.45. The first kappa shape index (κ1) is 57.5. The molecule has 0 saturated heterocycles. The first-order chi connectivity index (χ1) is 29.2. The Morgan fingerprint density at radius 3 is 1.85 bits per heavy atom. The zero-order valence-electron chi connectivity index (χ0n) is 37.6. The highest BCUT2D eigenvalue weighted by Gasteiger charge is 2.22. The number of unbranched alkanes of at least 4 members (excludes halogenated alkanes) is 4. The largest absolute Gasteiger partial charge is 0.756 e. The predicted octanol–water partition coefficient (Wildman–Crippen LogP) is 8.63. The molecule has 0 saturated carbocycles. The van der Waals surface area contributed by atoms with Gasteiger partial charge in [-0.05, 0) is 70.6 Å². The lowest BCUT2D eigenvalue weighted by molar-refractivity contribution is -0.870. The topological polar surface area (TPSA) is 172 Å². The van der Waals surface area contributed by atoms with Crippen LogP contribution < -0.4 is 4.89 Å². The third-order valence-electron chi connectivity index (χ3n) is 8.62. The van der Waals surface area contributed by atoms with Crippen LogP contribution in [-0.4, -0.2) is 104 Å². The van der Waals surface area contributed by atoms with E-state index in [-0.39, 0.29) is 32.3 Å². The molecule has 1 unspecified atom stereocenters. The van der Waals surface area contributed by atoms with Gasteiger partial charge in [0.1, 0.15) is 19.8 Å². The van der Waals surface area contributed by atoms with E-state index < -0.39 is 57.4 Å². The quantitative estimate of drug-likeness (QED) is 0.0136. The van der Waals surface area contributed by atoms with Gasteiger partial charge in [-0.1, -0.05) is 136 Å². The third kappa shape index (κ3) is 40.4. The number of carbonyl (C=O) groups excluding carboxylic acids is 2. The van der Waals surface area contributed by atoms with Gasteiger partial charge in [0.2, 0.25) is 0 Å². The van der Waals surface area contributed by atoms with E-state index in [0.717, 1.165) is 32.1 Å². The Kier molecular flexibility index (Phi) is 36.1. The highest BCUT2D eigenvalue weighted by atomic mass is 31.2. The Bertz CT molecular complexity index is 1460. The normalized spacial score (nSPS) is 16.1. The van der Waals surface area contributed by atoms with E-state index >= 15 is 0 Å². The molecule has 346 valence electrons. The van der Waals surface area contributed by atoms with Crippen LogP contribution in [0.4, 0.5) is 0 Å². The molecule has 0 radical (unpaired) electrons. The number of hydrogen-bond acceptors (Lipinski definition) is 11. The Balaban J connectivity index is 4.82. The summed E-state index contributed by atoms with van der Waals surface area (Å²) in [6.07, 6.45) is 40.7. The van der Waals surface area contributed by atoms with Gasteiger partial charge < -0.3 is 43.2 Å².